The lowest BCUT2D eigenvalue weighted by molar-refractivity contribution is -0.392. The van der Waals surface area contributed by atoms with Crippen LogP contribution in [-0.2, 0) is 4.79 Å². The Morgan fingerprint density at radius 1 is 1.22 bits per heavy atom. The van der Waals surface area contributed by atoms with E-state index in [0.29, 0.717) is 0 Å². The number of carbonyl (C=O) groups excluding carboxylic acids is 1. The standard InChI is InChI=1S/C12H15F7N2O2/c1-6-4-21-7(22)3-9(23,5-8(21,2)20-6)10(13,14)11(15,16)12(17,18)19/h6,20,23H,3-5H2,1-2H3/t6-,8-,9+/m1/s1. The molecule has 0 aliphatic carbocycles. The van der Waals surface area contributed by atoms with Crippen LogP contribution in [0.5, 0.6) is 0 Å². The molecular formula is C12H15F7N2O2. The van der Waals surface area contributed by atoms with Crippen LogP contribution in [-0.4, -0.2) is 57.8 Å². The van der Waals surface area contributed by atoms with Crippen molar-refractivity contribution in [1.82, 2.24) is 10.2 Å². The number of fused-ring (bicyclic) bond motifs is 1. The molecule has 4 nitrogen and oxygen atoms in total. The van der Waals surface area contributed by atoms with Crippen LogP contribution in [0.15, 0.2) is 0 Å². The van der Waals surface area contributed by atoms with E-state index in [2.05, 4.69) is 5.32 Å². The van der Waals surface area contributed by atoms with Gasteiger partial charge in [0, 0.05) is 19.0 Å². The van der Waals surface area contributed by atoms with Gasteiger partial charge in [0.15, 0.2) is 0 Å². The van der Waals surface area contributed by atoms with Gasteiger partial charge in [-0.1, -0.05) is 0 Å². The van der Waals surface area contributed by atoms with E-state index < -0.39 is 48.0 Å². The maximum Gasteiger partial charge on any atom is 0.459 e. The Hall–Kier alpha value is -1.10. The van der Waals surface area contributed by atoms with Crippen LogP contribution in [0.2, 0.25) is 0 Å². The fourth-order valence-corrected chi connectivity index (χ4v) is 3.32. The van der Waals surface area contributed by atoms with Crippen LogP contribution < -0.4 is 5.32 Å². The van der Waals surface area contributed by atoms with Gasteiger partial charge in [0.05, 0.1) is 12.1 Å². The highest BCUT2D eigenvalue weighted by molar-refractivity contribution is 5.80. The molecule has 2 N–H and O–H groups in total. The van der Waals surface area contributed by atoms with Crippen molar-refractivity contribution in [3.8, 4) is 0 Å². The smallest absolute Gasteiger partial charge is 0.383 e. The zero-order valence-electron chi connectivity index (χ0n) is 12.1. The second-order valence-corrected chi connectivity index (χ2v) is 6.36. The molecule has 0 spiro atoms. The molecule has 2 rings (SSSR count). The fraction of sp³-hybridized carbons (Fsp3) is 0.917. The predicted octanol–water partition coefficient (Wildman–Crippen LogP) is 1.88. The monoisotopic (exact) mass is 352 g/mol. The molecule has 0 radical (unpaired) electrons. The van der Waals surface area contributed by atoms with Gasteiger partial charge in [0.25, 0.3) is 0 Å². The minimum absolute atomic E-state index is 0.0760. The molecule has 2 aliphatic rings. The van der Waals surface area contributed by atoms with Gasteiger partial charge in [-0.25, -0.2) is 0 Å². The van der Waals surface area contributed by atoms with Crippen LogP contribution in [0.25, 0.3) is 0 Å². The first-order chi connectivity index (χ1) is 10.1. The summed E-state index contributed by atoms with van der Waals surface area (Å²) in [6.07, 6.45) is -9.24. The summed E-state index contributed by atoms with van der Waals surface area (Å²) in [4.78, 5) is 13.0. The number of nitrogens with one attached hydrogen (secondary N) is 1. The van der Waals surface area contributed by atoms with Gasteiger partial charge in [-0.3, -0.25) is 10.1 Å². The lowest BCUT2D eigenvalue weighted by atomic mass is 9.76. The van der Waals surface area contributed by atoms with Crippen LogP contribution in [0.3, 0.4) is 0 Å². The Kier molecular flexibility index (Phi) is 3.74. The quantitative estimate of drug-likeness (QED) is 0.747. The maximum atomic E-state index is 13.9. The molecule has 0 aromatic carbocycles. The first kappa shape index (κ1) is 18.2. The number of piperidine rings is 1. The Morgan fingerprint density at radius 3 is 2.22 bits per heavy atom. The van der Waals surface area contributed by atoms with Gasteiger partial charge in [0.2, 0.25) is 5.91 Å². The van der Waals surface area contributed by atoms with Crippen molar-refractivity contribution in [2.45, 2.75) is 62.0 Å². The van der Waals surface area contributed by atoms with Gasteiger partial charge in [-0.15, -0.1) is 0 Å². The molecule has 0 aromatic rings. The minimum atomic E-state index is -6.57. The predicted molar refractivity (Wildman–Crippen MR) is 62.8 cm³/mol. The second kappa shape index (κ2) is 4.71. The molecule has 0 bridgehead atoms. The summed E-state index contributed by atoms with van der Waals surface area (Å²) in [6, 6.07) is -0.386. The third-order valence-corrected chi connectivity index (χ3v) is 4.33. The zero-order chi connectivity index (χ0) is 18.1. The van der Waals surface area contributed by atoms with Crippen molar-refractivity contribution in [3.05, 3.63) is 0 Å². The van der Waals surface area contributed by atoms with Gasteiger partial charge < -0.3 is 10.0 Å². The second-order valence-electron chi connectivity index (χ2n) is 6.36. The summed E-state index contributed by atoms with van der Waals surface area (Å²) in [7, 11) is 0. The molecule has 2 fully saturated rings. The number of aliphatic hydroxyl groups is 1. The summed E-state index contributed by atoms with van der Waals surface area (Å²) in [5.41, 5.74) is -5.46. The summed E-state index contributed by atoms with van der Waals surface area (Å²) in [6.45, 7) is 2.85. The SMILES string of the molecule is C[C@@H]1CN2C(=O)C[C@@](O)(C(F)(F)C(F)(F)C(F)(F)F)C[C@]2(C)N1. The van der Waals surface area contributed by atoms with E-state index in [9.17, 15) is 40.6 Å². The summed E-state index contributed by atoms with van der Waals surface area (Å²) in [5, 5.41) is 12.6. The normalized spacial score (nSPS) is 36.3. The summed E-state index contributed by atoms with van der Waals surface area (Å²) < 4.78 is 91.3. The highest BCUT2D eigenvalue weighted by atomic mass is 19.4. The molecule has 2 saturated heterocycles. The number of alkyl halides is 7. The van der Waals surface area contributed by atoms with Crippen molar-refractivity contribution in [1.29, 1.82) is 0 Å². The molecule has 23 heavy (non-hydrogen) atoms. The van der Waals surface area contributed by atoms with Crippen LogP contribution in [0.4, 0.5) is 30.7 Å². The summed E-state index contributed by atoms with van der Waals surface area (Å²) >= 11 is 0. The average Bonchev–Trinajstić information content (AvgIpc) is 2.61. The van der Waals surface area contributed by atoms with E-state index in [1.807, 2.05) is 0 Å². The largest absolute Gasteiger partial charge is 0.459 e. The minimum Gasteiger partial charge on any atom is -0.383 e. The van der Waals surface area contributed by atoms with E-state index >= 15 is 0 Å². The van der Waals surface area contributed by atoms with Crippen LogP contribution >= 0.6 is 0 Å². The van der Waals surface area contributed by atoms with Crippen molar-refractivity contribution < 1.29 is 40.6 Å². The highest BCUT2D eigenvalue weighted by Gasteiger charge is 2.81. The molecule has 3 atom stereocenters. The van der Waals surface area contributed by atoms with E-state index in [4.69, 9.17) is 0 Å². The molecule has 2 heterocycles. The van der Waals surface area contributed by atoms with Gasteiger partial charge >= 0.3 is 18.0 Å². The highest BCUT2D eigenvalue weighted by Crippen LogP contribution is 2.55. The van der Waals surface area contributed by atoms with Crippen molar-refractivity contribution >= 4 is 5.91 Å². The van der Waals surface area contributed by atoms with E-state index in [0.717, 1.165) is 4.90 Å². The lowest BCUT2D eigenvalue weighted by Crippen LogP contribution is -2.71. The molecular weight excluding hydrogens is 337 g/mol. The van der Waals surface area contributed by atoms with Crippen molar-refractivity contribution in [2.24, 2.45) is 0 Å². The van der Waals surface area contributed by atoms with Gasteiger partial charge in [0.1, 0.15) is 5.60 Å². The molecule has 0 saturated carbocycles. The third-order valence-electron chi connectivity index (χ3n) is 4.33. The summed E-state index contributed by atoms with van der Waals surface area (Å²) in [5.74, 6) is -13.5. The molecule has 134 valence electrons. The number of carbonyl (C=O) groups is 1. The number of halogens is 7. The lowest BCUT2D eigenvalue weighted by Gasteiger charge is -2.50. The van der Waals surface area contributed by atoms with Crippen molar-refractivity contribution in [2.75, 3.05) is 6.54 Å². The number of hydrogen-bond donors (Lipinski definition) is 2. The Bertz CT molecular complexity index is 524. The topological polar surface area (TPSA) is 52.6 Å². The van der Waals surface area contributed by atoms with Crippen LogP contribution in [0.1, 0.15) is 26.7 Å². The first-order valence-electron chi connectivity index (χ1n) is 6.70. The Labute approximate surface area is 126 Å². The van der Waals surface area contributed by atoms with Gasteiger partial charge in [-0.05, 0) is 13.8 Å². The number of nitrogens with zero attached hydrogens (tertiary/aromatic N) is 1. The average molecular weight is 352 g/mol. The molecule has 11 heteroatoms. The van der Waals surface area contributed by atoms with Crippen molar-refractivity contribution in [3.63, 3.8) is 0 Å². The maximum absolute atomic E-state index is 13.9. The first-order valence-corrected chi connectivity index (χ1v) is 6.70. The molecule has 2 aliphatic heterocycles. The van der Waals surface area contributed by atoms with Crippen LogP contribution in [0, 0.1) is 0 Å². The molecule has 0 aromatic heterocycles. The van der Waals surface area contributed by atoms with E-state index in [1.165, 1.54) is 6.92 Å². The molecule has 1 amide bonds. The Morgan fingerprint density at radius 2 is 1.74 bits per heavy atom. The van der Waals surface area contributed by atoms with E-state index in [1.54, 1.807) is 6.92 Å². The zero-order valence-corrected chi connectivity index (χ0v) is 12.1. The Balaban J connectivity index is 2.44. The van der Waals surface area contributed by atoms with E-state index in [-0.39, 0.29) is 12.6 Å². The third kappa shape index (κ3) is 2.39. The number of rotatable bonds is 2. The fourth-order valence-electron chi connectivity index (χ4n) is 3.32. The number of hydrogen-bond acceptors (Lipinski definition) is 3. The van der Waals surface area contributed by atoms with Gasteiger partial charge in [-0.2, -0.15) is 30.7 Å². The molecule has 0 unspecified atom stereocenters. The number of amides is 1.